The molecule has 98 valence electrons. The summed E-state index contributed by atoms with van der Waals surface area (Å²) in [6.07, 6.45) is 1.85. The zero-order chi connectivity index (χ0) is 12.1. The lowest BCUT2D eigenvalue weighted by Crippen LogP contribution is -2.35. The van der Waals surface area contributed by atoms with E-state index in [9.17, 15) is 0 Å². The van der Waals surface area contributed by atoms with E-state index in [0.29, 0.717) is 5.92 Å². The molecule has 0 aromatic carbocycles. The highest BCUT2D eigenvalue weighted by atomic mass is 127. The minimum absolute atomic E-state index is 0. The third-order valence-electron chi connectivity index (χ3n) is 2.18. The summed E-state index contributed by atoms with van der Waals surface area (Å²) < 4.78 is 0. The van der Waals surface area contributed by atoms with Gasteiger partial charge in [0.2, 0.25) is 0 Å². The quantitative estimate of drug-likeness (QED) is 0.466. The number of rotatable bonds is 3. The maximum atomic E-state index is 4.61. The van der Waals surface area contributed by atoms with Crippen molar-refractivity contribution in [1.29, 1.82) is 0 Å². The molecule has 0 saturated carbocycles. The van der Waals surface area contributed by atoms with Gasteiger partial charge in [-0.05, 0) is 0 Å². The zero-order valence-electron chi connectivity index (χ0n) is 11.0. The van der Waals surface area contributed by atoms with Crippen molar-refractivity contribution in [3.63, 3.8) is 0 Å². The molecule has 0 radical (unpaired) electrons. The van der Waals surface area contributed by atoms with E-state index in [1.54, 1.807) is 11.3 Å². The van der Waals surface area contributed by atoms with Crippen LogP contribution in [0.3, 0.4) is 0 Å². The van der Waals surface area contributed by atoms with Crippen molar-refractivity contribution >= 4 is 41.3 Å². The van der Waals surface area contributed by atoms with Gasteiger partial charge < -0.3 is 9.80 Å². The van der Waals surface area contributed by atoms with Crippen LogP contribution in [-0.4, -0.2) is 55.5 Å². The Kier molecular flexibility index (Phi) is 7.69. The van der Waals surface area contributed by atoms with Gasteiger partial charge in [-0.3, -0.25) is 4.99 Å². The molecule has 1 aromatic heterocycles. The second-order valence-electron chi connectivity index (χ2n) is 4.20. The molecule has 0 saturated heterocycles. The van der Waals surface area contributed by atoms with Crippen molar-refractivity contribution in [2.75, 3.05) is 34.7 Å². The average Bonchev–Trinajstić information content (AvgIpc) is 2.69. The molecule has 1 aromatic rings. The molecule has 1 atom stereocenters. The highest BCUT2D eigenvalue weighted by Crippen LogP contribution is 2.17. The Hall–Kier alpha value is -0.370. The number of guanidine groups is 1. The van der Waals surface area contributed by atoms with Gasteiger partial charge in [0, 0.05) is 45.7 Å². The standard InChI is InChI=1S/C11H20N4S.HI/c1-9(10-12-6-7-16-10)8-13-11(14(2)3)15(4)5;/h6-7,9H,8H2,1-5H3;1H. The third-order valence-corrected chi connectivity index (χ3v) is 3.19. The Balaban J connectivity index is 0.00000256. The second-order valence-corrected chi connectivity index (χ2v) is 5.13. The molecule has 0 aliphatic carbocycles. The fraction of sp³-hybridized carbons (Fsp3) is 0.636. The van der Waals surface area contributed by atoms with Crippen molar-refractivity contribution in [2.24, 2.45) is 4.99 Å². The largest absolute Gasteiger partial charge is 0.349 e. The van der Waals surface area contributed by atoms with E-state index in [4.69, 9.17) is 0 Å². The third kappa shape index (κ3) is 5.20. The monoisotopic (exact) mass is 368 g/mol. The van der Waals surface area contributed by atoms with Gasteiger partial charge in [-0.15, -0.1) is 35.3 Å². The Labute approximate surface area is 125 Å². The van der Waals surface area contributed by atoms with E-state index < -0.39 is 0 Å². The lowest BCUT2D eigenvalue weighted by Gasteiger charge is -2.23. The van der Waals surface area contributed by atoms with Crippen molar-refractivity contribution in [2.45, 2.75) is 12.8 Å². The molecule has 4 nitrogen and oxygen atoms in total. The van der Waals surface area contributed by atoms with Crippen LogP contribution in [-0.2, 0) is 0 Å². The van der Waals surface area contributed by atoms with Gasteiger partial charge in [-0.2, -0.15) is 0 Å². The molecule has 1 unspecified atom stereocenters. The van der Waals surface area contributed by atoms with Crippen LogP contribution in [0.5, 0.6) is 0 Å². The molecular weight excluding hydrogens is 347 g/mol. The molecule has 1 heterocycles. The minimum Gasteiger partial charge on any atom is -0.349 e. The fourth-order valence-corrected chi connectivity index (χ4v) is 2.15. The van der Waals surface area contributed by atoms with Gasteiger partial charge in [-0.1, -0.05) is 6.92 Å². The summed E-state index contributed by atoms with van der Waals surface area (Å²) in [4.78, 5) is 13.0. The Morgan fingerprint density at radius 2 is 1.94 bits per heavy atom. The van der Waals surface area contributed by atoms with E-state index in [2.05, 4.69) is 16.9 Å². The molecule has 6 heteroatoms. The van der Waals surface area contributed by atoms with Crippen LogP contribution in [0.4, 0.5) is 0 Å². The average molecular weight is 368 g/mol. The van der Waals surface area contributed by atoms with E-state index in [0.717, 1.165) is 17.5 Å². The summed E-state index contributed by atoms with van der Waals surface area (Å²) in [6.45, 7) is 2.93. The van der Waals surface area contributed by atoms with Crippen molar-refractivity contribution in [3.05, 3.63) is 16.6 Å². The minimum atomic E-state index is 0. The predicted molar refractivity (Wildman–Crippen MR) is 85.6 cm³/mol. The first-order valence-corrected chi connectivity index (χ1v) is 6.18. The molecule has 17 heavy (non-hydrogen) atoms. The van der Waals surface area contributed by atoms with E-state index in [1.165, 1.54) is 0 Å². The maximum Gasteiger partial charge on any atom is 0.195 e. The van der Waals surface area contributed by atoms with Crippen LogP contribution < -0.4 is 0 Å². The summed E-state index contributed by atoms with van der Waals surface area (Å²) in [7, 11) is 8.03. The summed E-state index contributed by atoms with van der Waals surface area (Å²) >= 11 is 1.69. The van der Waals surface area contributed by atoms with Crippen LogP contribution in [0.2, 0.25) is 0 Å². The smallest absolute Gasteiger partial charge is 0.195 e. The highest BCUT2D eigenvalue weighted by Gasteiger charge is 2.09. The summed E-state index contributed by atoms with van der Waals surface area (Å²) in [5, 5.41) is 3.16. The Morgan fingerprint density at radius 3 is 2.35 bits per heavy atom. The molecule has 0 fully saturated rings. The highest BCUT2D eigenvalue weighted by molar-refractivity contribution is 14.0. The Bertz CT molecular complexity index is 325. The fourth-order valence-electron chi connectivity index (χ4n) is 1.46. The second kappa shape index (κ2) is 7.86. The van der Waals surface area contributed by atoms with Gasteiger partial charge in [0.1, 0.15) is 0 Å². The SMILES string of the molecule is CC(CN=C(N(C)C)N(C)C)c1nccs1.I. The van der Waals surface area contributed by atoms with Crippen molar-refractivity contribution in [1.82, 2.24) is 14.8 Å². The number of aromatic nitrogens is 1. The maximum absolute atomic E-state index is 4.61. The molecule has 1 rings (SSSR count). The van der Waals surface area contributed by atoms with Gasteiger partial charge in [0.05, 0.1) is 11.6 Å². The normalized spacial score (nSPS) is 11.4. The van der Waals surface area contributed by atoms with Gasteiger partial charge in [-0.25, -0.2) is 4.98 Å². The summed E-state index contributed by atoms with van der Waals surface area (Å²) in [5.41, 5.74) is 0. The first-order valence-electron chi connectivity index (χ1n) is 5.31. The van der Waals surface area contributed by atoms with E-state index in [1.807, 2.05) is 49.6 Å². The first kappa shape index (κ1) is 16.6. The number of halogens is 1. The Morgan fingerprint density at radius 1 is 1.35 bits per heavy atom. The predicted octanol–water partition coefficient (Wildman–Crippen LogP) is 2.34. The van der Waals surface area contributed by atoms with Gasteiger partial charge in [0.25, 0.3) is 0 Å². The molecule has 0 aliphatic heterocycles. The van der Waals surface area contributed by atoms with Crippen LogP contribution >= 0.6 is 35.3 Å². The van der Waals surface area contributed by atoms with Crippen molar-refractivity contribution in [3.8, 4) is 0 Å². The summed E-state index contributed by atoms with van der Waals surface area (Å²) in [6, 6.07) is 0. The molecule has 0 aliphatic rings. The molecular formula is C11H21IN4S. The van der Waals surface area contributed by atoms with Gasteiger partial charge >= 0.3 is 0 Å². The van der Waals surface area contributed by atoms with Crippen LogP contribution in [0.15, 0.2) is 16.6 Å². The van der Waals surface area contributed by atoms with E-state index in [-0.39, 0.29) is 24.0 Å². The number of nitrogens with zero attached hydrogens (tertiary/aromatic N) is 4. The van der Waals surface area contributed by atoms with Gasteiger partial charge in [0.15, 0.2) is 5.96 Å². The van der Waals surface area contributed by atoms with E-state index >= 15 is 0 Å². The van der Waals surface area contributed by atoms with Crippen LogP contribution in [0.1, 0.15) is 17.8 Å². The molecule has 0 N–H and O–H groups in total. The topological polar surface area (TPSA) is 31.7 Å². The number of hydrogen-bond acceptors (Lipinski definition) is 3. The van der Waals surface area contributed by atoms with Crippen LogP contribution in [0, 0.1) is 0 Å². The summed E-state index contributed by atoms with van der Waals surface area (Å²) in [5.74, 6) is 1.37. The first-order chi connectivity index (χ1) is 7.52. The molecule has 0 spiro atoms. The number of hydrogen-bond donors (Lipinski definition) is 0. The molecule has 0 bridgehead atoms. The number of aliphatic imine (C=N–C) groups is 1. The zero-order valence-corrected chi connectivity index (χ0v) is 14.2. The molecule has 0 amide bonds. The number of thiazole rings is 1. The lowest BCUT2D eigenvalue weighted by molar-refractivity contribution is 0.477. The van der Waals surface area contributed by atoms with Crippen molar-refractivity contribution < 1.29 is 0 Å². The lowest BCUT2D eigenvalue weighted by atomic mass is 10.2. The van der Waals surface area contributed by atoms with Crippen LogP contribution in [0.25, 0.3) is 0 Å².